The molecule has 0 unspecified atom stereocenters. The van der Waals surface area contributed by atoms with Gasteiger partial charge < -0.3 is 20.3 Å². The fraction of sp³-hybridized carbons (Fsp3) is 0.444. The van der Waals surface area contributed by atoms with Crippen LogP contribution in [0.5, 0.6) is 0 Å². The van der Waals surface area contributed by atoms with Crippen molar-refractivity contribution in [3.63, 3.8) is 0 Å². The fourth-order valence-corrected chi connectivity index (χ4v) is 5.96. The average Bonchev–Trinajstić information content (AvgIpc) is 2.93. The van der Waals surface area contributed by atoms with Gasteiger partial charge in [0, 0.05) is 61.7 Å². The molecule has 2 aliphatic heterocycles. The van der Waals surface area contributed by atoms with E-state index in [1.165, 1.54) is 17.3 Å². The minimum absolute atomic E-state index is 0.117. The Hall–Kier alpha value is -2.53. The topological polar surface area (TPSA) is 88.1 Å². The molecule has 38 heavy (non-hydrogen) atoms. The van der Waals surface area contributed by atoms with Gasteiger partial charge in [-0.25, -0.2) is 15.0 Å². The Morgan fingerprint density at radius 3 is 2.63 bits per heavy atom. The molecule has 2 N–H and O–H groups in total. The fourth-order valence-electron chi connectivity index (χ4n) is 4.90. The summed E-state index contributed by atoms with van der Waals surface area (Å²) in [5.74, 6) is 2.07. The quantitative estimate of drug-likeness (QED) is 0.221. The van der Waals surface area contributed by atoms with Gasteiger partial charge in [-0.3, -0.25) is 0 Å². The van der Waals surface area contributed by atoms with Crippen molar-refractivity contribution in [1.29, 1.82) is 0 Å². The zero-order valence-electron chi connectivity index (χ0n) is 21.4. The monoisotopic (exact) mass is 569 g/mol. The number of nitrogens with one attached hydrogen (secondary N) is 2. The van der Waals surface area contributed by atoms with E-state index in [1.807, 2.05) is 24.3 Å². The normalized spacial score (nSPS) is 17.7. The summed E-state index contributed by atoms with van der Waals surface area (Å²) in [6, 6.07) is 11.9. The third-order valence-electron chi connectivity index (χ3n) is 7.23. The Bertz CT molecular complexity index is 1240. The highest BCUT2D eigenvalue weighted by atomic mass is 35.5. The highest BCUT2D eigenvalue weighted by Crippen LogP contribution is 2.35. The SMILES string of the molecule is CC1CCN(c2cc(Sc3ncccn3)nc(NC(=S)NCC3(c4cccc(Cl)c4)CCOCC3)n2)CC1. The van der Waals surface area contributed by atoms with Crippen molar-refractivity contribution in [2.45, 2.75) is 48.2 Å². The van der Waals surface area contributed by atoms with Crippen LogP contribution in [0, 0.1) is 5.92 Å². The number of halogens is 1. The third-order valence-corrected chi connectivity index (χ3v) is 8.53. The van der Waals surface area contributed by atoms with Gasteiger partial charge in [0.15, 0.2) is 10.3 Å². The van der Waals surface area contributed by atoms with Crippen molar-refractivity contribution in [3.8, 4) is 0 Å². The van der Waals surface area contributed by atoms with Crippen molar-refractivity contribution in [2.24, 2.45) is 5.92 Å². The molecule has 0 radical (unpaired) electrons. The minimum Gasteiger partial charge on any atom is -0.381 e. The number of hydrogen-bond acceptors (Lipinski definition) is 8. The molecular formula is C27H32ClN7OS2. The van der Waals surface area contributed by atoms with E-state index in [2.05, 4.69) is 38.5 Å². The van der Waals surface area contributed by atoms with E-state index in [-0.39, 0.29) is 5.41 Å². The predicted octanol–water partition coefficient (Wildman–Crippen LogP) is 5.34. The van der Waals surface area contributed by atoms with Crippen LogP contribution in [0.4, 0.5) is 11.8 Å². The third kappa shape index (κ3) is 6.91. The minimum atomic E-state index is -0.117. The standard InChI is InChI=1S/C27H32ClN7OS2/c1-19-6-12-35(13-7-19)22-17-23(38-26-29-10-3-11-30-26)33-24(32-22)34-25(37)31-18-27(8-14-36-15-9-27)20-4-2-5-21(28)16-20/h2-5,10-11,16-17,19H,6-9,12-15,18H2,1H3,(H2,31,32,33,34,37). The predicted molar refractivity (Wildman–Crippen MR) is 156 cm³/mol. The molecule has 8 nitrogen and oxygen atoms in total. The molecule has 5 rings (SSSR count). The number of hydrogen-bond donors (Lipinski definition) is 2. The van der Waals surface area contributed by atoms with E-state index in [0.717, 1.165) is 60.6 Å². The zero-order chi connectivity index (χ0) is 26.4. The molecule has 3 aromatic rings. The second-order valence-electron chi connectivity index (χ2n) is 9.90. The molecule has 0 atom stereocenters. The van der Waals surface area contributed by atoms with Gasteiger partial charge in [-0.05, 0) is 79.3 Å². The maximum atomic E-state index is 6.33. The summed E-state index contributed by atoms with van der Waals surface area (Å²) < 4.78 is 5.67. The Morgan fingerprint density at radius 2 is 1.89 bits per heavy atom. The summed E-state index contributed by atoms with van der Waals surface area (Å²) >= 11 is 13.5. The van der Waals surface area contributed by atoms with Gasteiger partial charge in [-0.2, -0.15) is 4.98 Å². The Kier molecular flexibility index (Phi) is 8.93. The van der Waals surface area contributed by atoms with Gasteiger partial charge >= 0.3 is 0 Å². The van der Waals surface area contributed by atoms with E-state index in [1.54, 1.807) is 18.5 Å². The van der Waals surface area contributed by atoms with Crippen LogP contribution in [-0.4, -0.2) is 57.9 Å². The van der Waals surface area contributed by atoms with Gasteiger partial charge in [0.1, 0.15) is 10.8 Å². The summed E-state index contributed by atoms with van der Waals surface area (Å²) in [6.45, 7) is 6.31. The van der Waals surface area contributed by atoms with Crippen LogP contribution in [0.2, 0.25) is 5.02 Å². The molecule has 1 aromatic carbocycles. The smallest absolute Gasteiger partial charge is 0.232 e. The molecule has 2 aromatic heterocycles. The number of aromatic nitrogens is 4. The summed E-state index contributed by atoms with van der Waals surface area (Å²) in [6.07, 6.45) is 7.53. The summed E-state index contributed by atoms with van der Waals surface area (Å²) in [7, 11) is 0. The molecule has 2 saturated heterocycles. The van der Waals surface area contributed by atoms with Crippen LogP contribution in [0.1, 0.15) is 38.2 Å². The first-order valence-corrected chi connectivity index (χ1v) is 14.6. The lowest BCUT2D eigenvalue weighted by molar-refractivity contribution is 0.0515. The number of anilines is 2. The lowest BCUT2D eigenvalue weighted by Gasteiger charge is -2.38. The van der Waals surface area contributed by atoms with Gasteiger partial charge in [-0.1, -0.05) is 30.7 Å². The second-order valence-corrected chi connectivity index (χ2v) is 11.7. The number of benzene rings is 1. The maximum Gasteiger partial charge on any atom is 0.232 e. The molecule has 0 aliphatic carbocycles. The molecule has 0 bridgehead atoms. The average molecular weight is 570 g/mol. The molecule has 0 spiro atoms. The van der Waals surface area contributed by atoms with Crippen molar-refractivity contribution in [3.05, 3.63) is 59.4 Å². The summed E-state index contributed by atoms with van der Waals surface area (Å²) in [5, 5.41) is 9.29. The van der Waals surface area contributed by atoms with Crippen LogP contribution in [0.25, 0.3) is 0 Å². The Labute approximate surface area is 238 Å². The number of piperidine rings is 1. The van der Waals surface area contributed by atoms with Crippen molar-refractivity contribution < 1.29 is 4.74 Å². The van der Waals surface area contributed by atoms with Gasteiger partial charge in [0.2, 0.25) is 5.95 Å². The van der Waals surface area contributed by atoms with Crippen LogP contribution in [0.3, 0.4) is 0 Å². The van der Waals surface area contributed by atoms with Gasteiger partial charge in [0.25, 0.3) is 0 Å². The first kappa shape index (κ1) is 27.1. The first-order valence-electron chi connectivity index (χ1n) is 13.0. The van der Waals surface area contributed by atoms with E-state index < -0.39 is 0 Å². The summed E-state index contributed by atoms with van der Waals surface area (Å²) in [5.41, 5.74) is 1.08. The molecule has 11 heteroatoms. The van der Waals surface area contributed by atoms with Crippen LogP contribution >= 0.6 is 35.6 Å². The lowest BCUT2D eigenvalue weighted by atomic mass is 9.74. The van der Waals surface area contributed by atoms with Crippen molar-refractivity contribution >= 4 is 52.5 Å². The van der Waals surface area contributed by atoms with Crippen LogP contribution in [0.15, 0.2) is 59.0 Å². The maximum absolute atomic E-state index is 6.33. The molecule has 2 fully saturated rings. The van der Waals surface area contributed by atoms with Crippen molar-refractivity contribution in [2.75, 3.05) is 43.1 Å². The number of thiocarbonyl (C=S) groups is 1. The molecule has 200 valence electrons. The number of rotatable bonds is 7. The van der Waals surface area contributed by atoms with Crippen LogP contribution < -0.4 is 15.5 Å². The summed E-state index contributed by atoms with van der Waals surface area (Å²) in [4.78, 5) is 20.6. The largest absolute Gasteiger partial charge is 0.381 e. The number of ether oxygens (including phenoxy) is 1. The highest BCUT2D eigenvalue weighted by Gasteiger charge is 2.35. The molecule has 2 aliphatic rings. The second kappa shape index (κ2) is 12.5. The number of nitrogens with zero attached hydrogens (tertiary/aromatic N) is 5. The zero-order valence-corrected chi connectivity index (χ0v) is 23.8. The van der Waals surface area contributed by atoms with E-state index in [0.29, 0.717) is 36.0 Å². The van der Waals surface area contributed by atoms with Gasteiger partial charge in [-0.15, -0.1) is 0 Å². The highest BCUT2D eigenvalue weighted by molar-refractivity contribution is 7.99. The lowest BCUT2D eigenvalue weighted by Crippen LogP contribution is -2.45. The van der Waals surface area contributed by atoms with Crippen molar-refractivity contribution in [1.82, 2.24) is 25.3 Å². The van der Waals surface area contributed by atoms with E-state index in [9.17, 15) is 0 Å². The Balaban J connectivity index is 1.32. The first-order chi connectivity index (χ1) is 18.5. The van der Waals surface area contributed by atoms with Gasteiger partial charge in [0.05, 0.1) is 0 Å². The van der Waals surface area contributed by atoms with E-state index in [4.69, 9.17) is 38.5 Å². The molecule has 0 saturated carbocycles. The molecule has 4 heterocycles. The van der Waals surface area contributed by atoms with Crippen LogP contribution in [-0.2, 0) is 10.2 Å². The molecule has 0 amide bonds. The molecular weight excluding hydrogens is 538 g/mol. The van der Waals surface area contributed by atoms with E-state index >= 15 is 0 Å². The Morgan fingerprint density at radius 1 is 1.13 bits per heavy atom.